The second-order valence-corrected chi connectivity index (χ2v) is 9.82. The van der Waals surface area contributed by atoms with Crippen LogP contribution in [0.15, 0.2) is 12.1 Å². The topological polar surface area (TPSA) is 71.4 Å². The maximum atomic E-state index is 12.4. The van der Waals surface area contributed by atoms with Gasteiger partial charge in [-0.25, -0.2) is 0 Å². The van der Waals surface area contributed by atoms with E-state index < -0.39 is 22.9 Å². The van der Waals surface area contributed by atoms with Crippen molar-refractivity contribution in [2.24, 2.45) is 5.92 Å². The van der Waals surface area contributed by atoms with E-state index >= 15 is 0 Å². The largest absolute Gasteiger partial charge is 0.504 e. The summed E-state index contributed by atoms with van der Waals surface area (Å²) in [6.07, 6.45) is 6.25. The van der Waals surface area contributed by atoms with E-state index in [4.69, 9.17) is 14.2 Å². The van der Waals surface area contributed by atoms with Crippen LogP contribution in [0.25, 0.3) is 0 Å². The summed E-state index contributed by atoms with van der Waals surface area (Å²) in [7, 11) is 3.31. The lowest BCUT2D eigenvalue weighted by Crippen LogP contribution is -2.79. The smallest absolute Gasteiger partial charge is 0.206 e. The fraction of sp³-hybridized carbons (Fsp3) is 0.739. The molecule has 1 spiro atoms. The summed E-state index contributed by atoms with van der Waals surface area (Å²) in [5.74, 6) is 0.511. The van der Waals surface area contributed by atoms with E-state index in [1.165, 1.54) is 24.8 Å². The summed E-state index contributed by atoms with van der Waals surface area (Å²) in [6, 6.07) is 3.83. The lowest BCUT2D eigenvalue weighted by atomic mass is 9.48. The molecule has 29 heavy (non-hydrogen) atoms. The molecule has 0 unspecified atom stereocenters. The fourth-order valence-corrected chi connectivity index (χ4v) is 7.32. The summed E-state index contributed by atoms with van der Waals surface area (Å²) in [6.45, 7) is 2.01. The molecule has 6 nitrogen and oxygen atoms in total. The number of likely N-dealkylation sites (tertiary alicyclic amines) is 1. The number of nitrogens with zero attached hydrogens (tertiary/aromatic N) is 1. The van der Waals surface area contributed by atoms with Gasteiger partial charge in [-0.2, -0.15) is 0 Å². The number of aliphatic hydroxyl groups is 1. The second-order valence-electron chi connectivity index (χ2n) is 9.82. The Morgan fingerprint density at radius 2 is 1.97 bits per heavy atom. The van der Waals surface area contributed by atoms with Crippen LogP contribution in [0, 0.1) is 5.92 Å². The molecule has 158 valence electrons. The average Bonchev–Trinajstić information content (AvgIpc) is 3.04. The first-order chi connectivity index (χ1) is 14.0. The Kier molecular flexibility index (Phi) is 3.73. The van der Waals surface area contributed by atoms with Gasteiger partial charge in [-0.3, -0.25) is 4.90 Å². The molecule has 1 aromatic rings. The molecule has 6 heteroatoms. The van der Waals surface area contributed by atoms with Crippen LogP contribution in [0.1, 0.15) is 49.7 Å². The number of rotatable bonds is 4. The Morgan fingerprint density at radius 3 is 2.66 bits per heavy atom. The summed E-state index contributed by atoms with van der Waals surface area (Å²) < 4.78 is 18.3. The fourth-order valence-electron chi connectivity index (χ4n) is 7.32. The van der Waals surface area contributed by atoms with Crippen molar-refractivity contribution in [3.8, 4) is 11.5 Å². The van der Waals surface area contributed by atoms with Crippen molar-refractivity contribution < 1.29 is 24.4 Å². The van der Waals surface area contributed by atoms with Crippen LogP contribution in [0.3, 0.4) is 0 Å². The predicted octanol–water partition coefficient (Wildman–Crippen LogP) is 2.34. The molecule has 0 aromatic heterocycles. The minimum atomic E-state index is -0.924. The van der Waals surface area contributed by atoms with Gasteiger partial charge in [-0.05, 0) is 56.2 Å². The van der Waals surface area contributed by atoms with E-state index in [1.54, 1.807) is 20.3 Å². The molecule has 2 aliphatic heterocycles. The van der Waals surface area contributed by atoms with Crippen molar-refractivity contribution in [3.63, 3.8) is 0 Å². The van der Waals surface area contributed by atoms with E-state index in [-0.39, 0.29) is 11.8 Å². The molecule has 2 saturated carbocycles. The molecule has 2 heterocycles. The van der Waals surface area contributed by atoms with Gasteiger partial charge in [0.15, 0.2) is 17.6 Å². The number of aromatic hydroxyl groups is 1. The van der Waals surface area contributed by atoms with E-state index in [0.29, 0.717) is 18.6 Å². The summed E-state index contributed by atoms with van der Waals surface area (Å²) >= 11 is 0. The number of piperidine rings is 1. The molecule has 1 aromatic carbocycles. The van der Waals surface area contributed by atoms with Gasteiger partial charge in [0.1, 0.15) is 0 Å². The van der Waals surface area contributed by atoms with Crippen LogP contribution in [0.4, 0.5) is 0 Å². The van der Waals surface area contributed by atoms with Crippen LogP contribution in [-0.2, 0) is 21.3 Å². The molecule has 4 atom stereocenters. The SMILES string of the molecule is COC1(OC)CC[C@@]2(O)[C@H]3Cc4ccc(O)c5c4[C@@]2(CCN3CC2CCC2)[C@H]1O5. The van der Waals surface area contributed by atoms with Gasteiger partial charge in [0.05, 0.1) is 11.0 Å². The average molecular weight is 402 g/mol. The van der Waals surface area contributed by atoms with E-state index in [0.717, 1.165) is 37.4 Å². The molecule has 0 amide bonds. The molecular formula is C23H31NO5. The molecule has 3 aliphatic carbocycles. The maximum absolute atomic E-state index is 12.4. The van der Waals surface area contributed by atoms with Crippen molar-refractivity contribution in [3.05, 3.63) is 23.3 Å². The highest BCUT2D eigenvalue weighted by molar-refractivity contribution is 5.62. The lowest BCUT2D eigenvalue weighted by molar-refractivity contribution is -0.319. The summed E-state index contributed by atoms with van der Waals surface area (Å²) in [4.78, 5) is 2.55. The van der Waals surface area contributed by atoms with E-state index in [1.807, 2.05) is 6.07 Å². The first-order valence-corrected chi connectivity index (χ1v) is 11.1. The summed E-state index contributed by atoms with van der Waals surface area (Å²) in [5.41, 5.74) is 0.672. The zero-order chi connectivity index (χ0) is 20.0. The van der Waals surface area contributed by atoms with Crippen LogP contribution in [-0.4, -0.2) is 66.0 Å². The Balaban J connectivity index is 1.53. The number of hydrogen-bond donors (Lipinski definition) is 2. The molecule has 5 aliphatic rings. The van der Waals surface area contributed by atoms with Gasteiger partial charge in [0.2, 0.25) is 5.79 Å². The van der Waals surface area contributed by atoms with Crippen LogP contribution >= 0.6 is 0 Å². The van der Waals surface area contributed by atoms with Gasteiger partial charge in [-0.15, -0.1) is 0 Å². The second kappa shape index (κ2) is 5.88. The van der Waals surface area contributed by atoms with Crippen molar-refractivity contribution >= 4 is 0 Å². The predicted molar refractivity (Wildman–Crippen MR) is 106 cm³/mol. The number of hydrogen-bond acceptors (Lipinski definition) is 6. The lowest BCUT2D eigenvalue weighted by Gasteiger charge is -2.65. The van der Waals surface area contributed by atoms with Crippen molar-refractivity contribution in [1.82, 2.24) is 4.90 Å². The van der Waals surface area contributed by atoms with Crippen LogP contribution in [0.2, 0.25) is 0 Å². The third-order valence-corrected chi connectivity index (χ3v) is 8.99. The Labute approximate surface area is 171 Å². The zero-order valence-electron chi connectivity index (χ0n) is 17.3. The summed E-state index contributed by atoms with van der Waals surface area (Å²) in [5, 5.41) is 23.0. The van der Waals surface area contributed by atoms with Gasteiger partial charge in [-0.1, -0.05) is 12.5 Å². The highest BCUT2D eigenvalue weighted by Gasteiger charge is 2.76. The van der Waals surface area contributed by atoms with Crippen molar-refractivity contribution in [2.45, 2.75) is 73.9 Å². The first-order valence-electron chi connectivity index (χ1n) is 11.1. The molecular weight excluding hydrogens is 370 g/mol. The molecule has 0 radical (unpaired) electrons. The van der Waals surface area contributed by atoms with Crippen LogP contribution < -0.4 is 4.74 Å². The first kappa shape index (κ1) is 18.4. The molecule has 2 bridgehead atoms. The van der Waals surface area contributed by atoms with Crippen molar-refractivity contribution in [1.29, 1.82) is 0 Å². The zero-order valence-corrected chi connectivity index (χ0v) is 17.3. The Bertz CT molecular complexity index is 850. The number of phenols is 1. The third kappa shape index (κ3) is 2.02. The maximum Gasteiger partial charge on any atom is 0.206 e. The molecule has 3 fully saturated rings. The number of ether oxygens (including phenoxy) is 3. The Morgan fingerprint density at radius 1 is 1.17 bits per heavy atom. The minimum Gasteiger partial charge on any atom is -0.504 e. The number of phenolic OH excluding ortho intramolecular Hbond substituents is 1. The highest BCUT2D eigenvalue weighted by atomic mass is 16.7. The highest BCUT2D eigenvalue weighted by Crippen LogP contribution is 2.67. The molecule has 6 rings (SSSR count). The minimum absolute atomic E-state index is 0.0673. The van der Waals surface area contributed by atoms with Gasteiger partial charge in [0.25, 0.3) is 0 Å². The van der Waals surface area contributed by atoms with Crippen LogP contribution in [0.5, 0.6) is 11.5 Å². The number of methoxy groups -OCH3 is 2. The van der Waals surface area contributed by atoms with Gasteiger partial charge >= 0.3 is 0 Å². The molecule has 1 saturated heterocycles. The van der Waals surface area contributed by atoms with Gasteiger partial charge in [0, 0.05) is 38.8 Å². The number of benzene rings is 1. The third-order valence-electron chi connectivity index (χ3n) is 8.99. The van der Waals surface area contributed by atoms with E-state index in [9.17, 15) is 10.2 Å². The van der Waals surface area contributed by atoms with Crippen molar-refractivity contribution in [2.75, 3.05) is 27.3 Å². The standard InChI is InChI=1S/C23H31NO5/c1-27-23(28-2)9-8-22(26)17-12-15-6-7-16(25)19-18(15)21(22,20(23)29-19)10-11-24(17)13-14-4-3-5-14/h6-7,14,17,20,25-26H,3-5,8-13H2,1-2H3/t17-,20-,21+,22-/m1/s1. The quantitative estimate of drug-likeness (QED) is 0.755. The van der Waals surface area contributed by atoms with E-state index in [2.05, 4.69) is 4.90 Å². The normalized spacial score (nSPS) is 39.6. The monoisotopic (exact) mass is 401 g/mol. The Hall–Kier alpha value is -1.34. The van der Waals surface area contributed by atoms with Gasteiger partial charge < -0.3 is 24.4 Å². The molecule has 2 N–H and O–H groups in total.